The van der Waals surface area contributed by atoms with Crippen molar-refractivity contribution in [3.05, 3.63) is 69.3 Å². The molecule has 0 spiro atoms. The molecule has 0 bridgehead atoms. The molecule has 2 aromatic carbocycles. The van der Waals surface area contributed by atoms with Crippen molar-refractivity contribution in [3.8, 4) is 6.07 Å². The number of benzene rings is 2. The topological polar surface area (TPSA) is 113 Å². The first kappa shape index (κ1) is 17.4. The number of rotatable bonds is 6. The van der Waals surface area contributed by atoms with E-state index in [2.05, 4.69) is 5.32 Å². The molecule has 0 aliphatic carbocycles. The summed E-state index contributed by atoms with van der Waals surface area (Å²) in [6.45, 7) is 0.403. The van der Waals surface area contributed by atoms with E-state index < -0.39 is 14.8 Å². The quantitative estimate of drug-likeness (QED) is 0.636. The molecule has 0 aromatic heterocycles. The lowest BCUT2D eigenvalue weighted by atomic mass is 10.1. The number of anilines is 1. The number of nitriles is 1. The van der Waals surface area contributed by atoms with Gasteiger partial charge in [-0.05, 0) is 23.3 Å². The summed E-state index contributed by atoms with van der Waals surface area (Å²) in [5.41, 5.74) is 1.88. The van der Waals surface area contributed by atoms with E-state index in [-0.39, 0.29) is 17.0 Å². The summed E-state index contributed by atoms with van der Waals surface area (Å²) in [6.07, 6.45) is 1.18. The standard InChI is InChI=1S/C16H15N3O4S/c1-24(22,23)11-13-4-2-3-12(7-13)10-18-15-5-6-16(19(20)21)14(8-15)9-17/h2-8,18H,10-11H2,1H3. The Morgan fingerprint density at radius 3 is 2.54 bits per heavy atom. The zero-order chi connectivity index (χ0) is 17.7. The van der Waals surface area contributed by atoms with Gasteiger partial charge < -0.3 is 5.32 Å². The second kappa shape index (κ2) is 7.10. The van der Waals surface area contributed by atoms with E-state index in [1.54, 1.807) is 24.3 Å². The molecule has 0 amide bonds. The molecule has 0 aliphatic rings. The molecule has 0 radical (unpaired) electrons. The third kappa shape index (κ3) is 4.79. The molecule has 0 aliphatic heterocycles. The first-order valence-electron chi connectivity index (χ1n) is 6.96. The average Bonchev–Trinajstić information content (AvgIpc) is 2.51. The number of nitrogens with zero attached hydrogens (tertiary/aromatic N) is 2. The molecule has 0 fully saturated rings. The van der Waals surface area contributed by atoms with E-state index in [0.29, 0.717) is 17.8 Å². The van der Waals surface area contributed by atoms with Gasteiger partial charge in [0.2, 0.25) is 0 Å². The molecule has 7 nitrogen and oxygen atoms in total. The minimum Gasteiger partial charge on any atom is -0.381 e. The van der Waals surface area contributed by atoms with Crippen LogP contribution in [0.25, 0.3) is 0 Å². The van der Waals surface area contributed by atoms with Gasteiger partial charge in [0.1, 0.15) is 11.6 Å². The van der Waals surface area contributed by atoms with Gasteiger partial charge in [0.05, 0.1) is 10.7 Å². The predicted octanol–water partition coefficient (Wildman–Crippen LogP) is 2.62. The van der Waals surface area contributed by atoms with Crippen molar-refractivity contribution in [2.75, 3.05) is 11.6 Å². The Bertz CT molecular complexity index is 917. The van der Waals surface area contributed by atoms with Crippen LogP contribution in [-0.4, -0.2) is 19.6 Å². The highest BCUT2D eigenvalue weighted by Crippen LogP contribution is 2.22. The Labute approximate surface area is 139 Å². The third-order valence-corrected chi connectivity index (χ3v) is 4.09. The van der Waals surface area contributed by atoms with Crippen LogP contribution in [0, 0.1) is 21.4 Å². The molecule has 124 valence electrons. The summed E-state index contributed by atoms with van der Waals surface area (Å²) < 4.78 is 22.7. The number of nitro benzene ring substituents is 1. The number of hydrogen-bond acceptors (Lipinski definition) is 6. The summed E-state index contributed by atoms with van der Waals surface area (Å²) in [6, 6.07) is 13.2. The van der Waals surface area contributed by atoms with E-state index in [0.717, 1.165) is 5.56 Å². The summed E-state index contributed by atoms with van der Waals surface area (Å²) >= 11 is 0. The van der Waals surface area contributed by atoms with Gasteiger partial charge in [-0.1, -0.05) is 24.3 Å². The number of nitrogens with one attached hydrogen (secondary N) is 1. The van der Waals surface area contributed by atoms with Crippen LogP contribution in [0.5, 0.6) is 0 Å². The molecule has 0 heterocycles. The lowest BCUT2D eigenvalue weighted by Crippen LogP contribution is -2.04. The molecular weight excluding hydrogens is 330 g/mol. The largest absolute Gasteiger partial charge is 0.381 e. The summed E-state index contributed by atoms with van der Waals surface area (Å²) in [5, 5.41) is 22.9. The van der Waals surface area contributed by atoms with Crippen molar-refractivity contribution in [2.24, 2.45) is 0 Å². The number of nitro groups is 1. The van der Waals surface area contributed by atoms with Gasteiger partial charge in [-0.15, -0.1) is 0 Å². The normalized spacial score (nSPS) is 10.8. The Morgan fingerprint density at radius 1 is 1.21 bits per heavy atom. The SMILES string of the molecule is CS(=O)(=O)Cc1cccc(CNc2ccc([N+](=O)[O-])c(C#N)c2)c1. The molecule has 0 saturated heterocycles. The number of hydrogen-bond donors (Lipinski definition) is 1. The first-order valence-corrected chi connectivity index (χ1v) is 9.02. The first-order chi connectivity index (χ1) is 11.3. The van der Waals surface area contributed by atoms with Gasteiger partial charge in [0, 0.05) is 24.6 Å². The van der Waals surface area contributed by atoms with Crippen LogP contribution in [0.2, 0.25) is 0 Å². The second-order valence-electron chi connectivity index (χ2n) is 5.34. The molecule has 24 heavy (non-hydrogen) atoms. The Morgan fingerprint density at radius 2 is 1.92 bits per heavy atom. The average molecular weight is 345 g/mol. The van der Waals surface area contributed by atoms with Gasteiger partial charge >= 0.3 is 0 Å². The van der Waals surface area contributed by atoms with Gasteiger partial charge in [0.25, 0.3) is 5.69 Å². The van der Waals surface area contributed by atoms with E-state index in [4.69, 9.17) is 5.26 Å². The Balaban J connectivity index is 2.13. The Hall–Kier alpha value is -2.92. The predicted molar refractivity (Wildman–Crippen MR) is 90.1 cm³/mol. The van der Waals surface area contributed by atoms with Gasteiger partial charge in [-0.3, -0.25) is 10.1 Å². The molecular formula is C16H15N3O4S. The van der Waals surface area contributed by atoms with Crippen molar-refractivity contribution in [1.29, 1.82) is 5.26 Å². The molecule has 1 N–H and O–H groups in total. The second-order valence-corrected chi connectivity index (χ2v) is 7.48. The van der Waals surface area contributed by atoms with Crippen LogP contribution >= 0.6 is 0 Å². The molecule has 8 heteroatoms. The minimum atomic E-state index is -3.10. The fourth-order valence-electron chi connectivity index (χ4n) is 2.23. The van der Waals surface area contributed by atoms with E-state index >= 15 is 0 Å². The van der Waals surface area contributed by atoms with Crippen LogP contribution in [0.1, 0.15) is 16.7 Å². The molecule has 0 atom stereocenters. The van der Waals surface area contributed by atoms with Crippen LogP contribution < -0.4 is 5.32 Å². The van der Waals surface area contributed by atoms with Crippen molar-refractivity contribution in [2.45, 2.75) is 12.3 Å². The summed E-state index contributed by atoms with van der Waals surface area (Å²) in [4.78, 5) is 10.2. The van der Waals surface area contributed by atoms with Crippen molar-refractivity contribution >= 4 is 21.2 Å². The van der Waals surface area contributed by atoms with Crippen molar-refractivity contribution < 1.29 is 13.3 Å². The van der Waals surface area contributed by atoms with E-state index in [1.165, 1.54) is 24.5 Å². The fraction of sp³-hybridized carbons (Fsp3) is 0.188. The van der Waals surface area contributed by atoms with Gasteiger partial charge in [-0.2, -0.15) is 5.26 Å². The zero-order valence-corrected chi connectivity index (χ0v) is 13.7. The summed E-state index contributed by atoms with van der Waals surface area (Å²) in [7, 11) is -3.10. The van der Waals surface area contributed by atoms with E-state index in [9.17, 15) is 18.5 Å². The maximum absolute atomic E-state index is 11.3. The highest BCUT2D eigenvalue weighted by atomic mass is 32.2. The lowest BCUT2D eigenvalue weighted by Gasteiger charge is -2.08. The van der Waals surface area contributed by atoms with Crippen LogP contribution in [0.3, 0.4) is 0 Å². The molecule has 2 rings (SSSR count). The summed E-state index contributed by atoms with van der Waals surface area (Å²) in [5.74, 6) is -0.0308. The van der Waals surface area contributed by atoms with Crippen LogP contribution in [-0.2, 0) is 22.1 Å². The molecule has 2 aromatic rings. The lowest BCUT2D eigenvalue weighted by molar-refractivity contribution is -0.385. The van der Waals surface area contributed by atoms with Crippen LogP contribution in [0.15, 0.2) is 42.5 Å². The van der Waals surface area contributed by atoms with E-state index in [1.807, 2.05) is 6.07 Å². The smallest absolute Gasteiger partial charge is 0.287 e. The molecule has 0 saturated carbocycles. The maximum atomic E-state index is 11.3. The number of sulfone groups is 1. The highest BCUT2D eigenvalue weighted by molar-refractivity contribution is 7.89. The van der Waals surface area contributed by atoms with Crippen molar-refractivity contribution in [1.82, 2.24) is 0 Å². The zero-order valence-electron chi connectivity index (χ0n) is 12.9. The monoisotopic (exact) mass is 345 g/mol. The third-order valence-electron chi connectivity index (χ3n) is 3.23. The van der Waals surface area contributed by atoms with Gasteiger partial charge in [-0.25, -0.2) is 8.42 Å². The van der Waals surface area contributed by atoms with Crippen LogP contribution in [0.4, 0.5) is 11.4 Å². The Kier molecular flexibility index (Phi) is 5.16. The van der Waals surface area contributed by atoms with Gasteiger partial charge in [0.15, 0.2) is 9.84 Å². The maximum Gasteiger partial charge on any atom is 0.287 e. The van der Waals surface area contributed by atoms with Crippen molar-refractivity contribution in [3.63, 3.8) is 0 Å². The highest BCUT2D eigenvalue weighted by Gasteiger charge is 2.13. The fourth-order valence-corrected chi connectivity index (χ4v) is 3.02. The molecule has 0 unspecified atom stereocenters. The minimum absolute atomic E-state index is 0.0178.